The average Bonchev–Trinajstić information content (AvgIpc) is 3.85. The molecule has 2 aromatic carbocycles. The van der Waals surface area contributed by atoms with Crippen molar-refractivity contribution in [2.24, 2.45) is 0 Å². The van der Waals surface area contributed by atoms with Crippen molar-refractivity contribution in [3.8, 4) is 0 Å². The fourth-order valence-corrected chi connectivity index (χ4v) is 8.20. The Morgan fingerprint density at radius 3 is 1.39 bits per heavy atom. The molecule has 0 aliphatic carbocycles. The zero-order valence-electron chi connectivity index (χ0n) is 33.0. The van der Waals surface area contributed by atoms with E-state index < -0.39 is 0 Å². The largest absolute Gasteiger partial charge is 0.355 e. The number of aromatic nitrogens is 4. The number of fused-ring (bicyclic) bond motifs is 8. The predicted molar refractivity (Wildman–Crippen MR) is 229 cm³/mol. The molecule has 6 heteroatoms. The maximum Gasteiger partial charge on any atom is 0.0694 e. The third kappa shape index (κ3) is 8.06. The van der Waals surface area contributed by atoms with E-state index in [9.17, 15) is 0 Å². The number of hydrogen-bond donors (Lipinski definition) is 4. The van der Waals surface area contributed by atoms with E-state index in [2.05, 4.69) is 147 Å². The highest BCUT2D eigenvalue weighted by Crippen LogP contribution is 2.38. The van der Waals surface area contributed by atoms with Gasteiger partial charge in [0.15, 0.2) is 0 Å². The molecule has 278 valence electrons. The lowest BCUT2D eigenvalue weighted by Gasteiger charge is -2.09. The van der Waals surface area contributed by atoms with Crippen LogP contribution < -0.4 is 10.6 Å². The van der Waals surface area contributed by atoms with Gasteiger partial charge in [0, 0.05) is 35.2 Å². The third-order valence-corrected chi connectivity index (χ3v) is 11.4. The summed E-state index contributed by atoms with van der Waals surface area (Å²) in [6, 6.07) is 30.4. The number of allylic oxidation sites excluding steroid dienone is 4. The van der Waals surface area contributed by atoms with Gasteiger partial charge < -0.3 is 20.6 Å². The van der Waals surface area contributed by atoms with Crippen molar-refractivity contribution in [3.05, 3.63) is 141 Å². The molecular formula is C48H56N6. The SMILES string of the molecule is CCc1c(C)c2cc3[nH]c(cc4nc(cc5nc(cc1[nH]2)C(C)=C5CCCNCc1ccccc1)C(CCCNCc1ccccc1)=C4C)c(C)c3CC. The Morgan fingerprint density at radius 1 is 0.500 bits per heavy atom. The molecule has 6 nitrogen and oxygen atoms in total. The standard InChI is InChI=1S/C48H56N6/c1-7-37-31(3)41-25-42-33(5)39(21-15-23-49-29-35-17-11-9-12-18-35)47(53-42)28-48-40(22-16-24-50-30-36-19-13-10-14-20-36)34(6)44(54-48)27-46-38(8-2)32(4)43(52-46)26-45(37)51-41/h9-14,17-20,25-28,49-52H,7-8,15-16,21-24,29-30H2,1-6H3. The van der Waals surface area contributed by atoms with E-state index in [1.165, 1.54) is 61.2 Å². The van der Waals surface area contributed by atoms with Gasteiger partial charge in [-0.1, -0.05) is 74.5 Å². The Balaban J connectivity index is 1.30. The lowest BCUT2D eigenvalue weighted by atomic mass is 9.98. The Bertz CT molecular complexity index is 2340. The van der Waals surface area contributed by atoms with E-state index >= 15 is 0 Å². The Labute approximate surface area is 321 Å². The maximum atomic E-state index is 5.39. The van der Waals surface area contributed by atoms with Gasteiger partial charge in [0.05, 0.1) is 22.8 Å². The minimum Gasteiger partial charge on any atom is -0.355 e. The molecule has 0 atom stereocenters. The van der Waals surface area contributed by atoms with Crippen molar-refractivity contribution in [1.29, 1.82) is 0 Å². The first-order valence-electron chi connectivity index (χ1n) is 20.0. The highest BCUT2D eigenvalue weighted by Gasteiger charge is 2.22. The summed E-state index contributed by atoms with van der Waals surface area (Å²) in [5, 5.41) is 7.32. The first-order chi connectivity index (χ1) is 26.3. The zero-order valence-corrected chi connectivity index (χ0v) is 33.0. The van der Waals surface area contributed by atoms with Gasteiger partial charge in [-0.25, -0.2) is 9.97 Å². The molecule has 54 heavy (non-hydrogen) atoms. The van der Waals surface area contributed by atoms with Gasteiger partial charge in [-0.2, -0.15) is 0 Å². The fourth-order valence-electron chi connectivity index (χ4n) is 8.20. The summed E-state index contributed by atoms with van der Waals surface area (Å²) in [7, 11) is 0. The van der Waals surface area contributed by atoms with Crippen molar-refractivity contribution in [2.45, 2.75) is 93.2 Å². The molecule has 0 fully saturated rings. The monoisotopic (exact) mass is 716 g/mol. The zero-order chi connectivity index (χ0) is 37.6. The van der Waals surface area contributed by atoms with Gasteiger partial charge in [0.1, 0.15) is 0 Å². The van der Waals surface area contributed by atoms with Crippen LogP contribution in [0.3, 0.4) is 0 Å². The Hall–Kier alpha value is -5.04. The van der Waals surface area contributed by atoms with Crippen molar-refractivity contribution >= 4 is 44.4 Å². The van der Waals surface area contributed by atoms with E-state index in [1.807, 2.05) is 0 Å². The number of rotatable bonds is 14. The van der Waals surface area contributed by atoms with Crippen LogP contribution in [0.2, 0.25) is 0 Å². The van der Waals surface area contributed by atoms with E-state index in [0.717, 1.165) is 104 Å². The van der Waals surface area contributed by atoms with Gasteiger partial charge in [0.2, 0.25) is 0 Å². The summed E-state index contributed by atoms with van der Waals surface area (Å²) in [5.41, 5.74) is 21.8. The second kappa shape index (κ2) is 17.0. The molecule has 3 aromatic heterocycles. The molecular weight excluding hydrogens is 661 g/mol. The summed E-state index contributed by atoms with van der Waals surface area (Å²) >= 11 is 0. The van der Waals surface area contributed by atoms with Crippen LogP contribution in [-0.2, 0) is 25.9 Å². The maximum absolute atomic E-state index is 5.39. The first-order valence-corrected chi connectivity index (χ1v) is 20.0. The lowest BCUT2D eigenvalue weighted by molar-refractivity contribution is 0.658. The molecule has 5 heterocycles. The average molecular weight is 717 g/mol. The number of H-pyrrole nitrogens is 2. The number of hydrogen-bond acceptors (Lipinski definition) is 4. The molecule has 0 saturated heterocycles. The van der Waals surface area contributed by atoms with Crippen LogP contribution in [-0.4, -0.2) is 33.0 Å². The summed E-state index contributed by atoms with van der Waals surface area (Å²) < 4.78 is 0. The van der Waals surface area contributed by atoms with E-state index in [0.29, 0.717) is 0 Å². The fraction of sp³-hybridized carbons (Fsp3) is 0.333. The predicted octanol–water partition coefficient (Wildman–Crippen LogP) is 11.1. The Morgan fingerprint density at radius 2 is 0.926 bits per heavy atom. The molecule has 0 amide bonds. The van der Waals surface area contributed by atoms with Gasteiger partial charge in [-0.3, -0.25) is 0 Å². The Kier molecular flexibility index (Phi) is 11.7. The van der Waals surface area contributed by atoms with Crippen LogP contribution in [0.1, 0.15) is 110 Å². The molecule has 2 aliphatic rings. The molecule has 7 rings (SSSR count). The van der Waals surface area contributed by atoms with E-state index in [4.69, 9.17) is 9.97 Å². The van der Waals surface area contributed by atoms with Crippen LogP contribution in [0.25, 0.3) is 44.4 Å². The van der Waals surface area contributed by atoms with E-state index in [1.54, 1.807) is 0 Å². The number of nitrogens with zero attached hydrogens (tertiary/aromatic N) is 2. The number of benzene rings is 2. The number of nitrogens with one attached hydrogen (secondary N) is 4. The van der Waals surface area contributed by atoms with Crippen LogP contribution in [0, 0.1) is 13.8 Å². The van der Waals surface area contributed by atoms with Gasteiger partial charge >= 0.3 is 0 Å². The second-order valence-corrected chi connectivity index (χ2v) is 14.9. The molecule has 0 saturated carbocycles. The number of aromatic amines is 2. The highest BCUT2D eigenvalue weighted by atomic mass is 14.9. The molecule has 5 aromatic rings. The minimum absolute atomic E-state index is 0.878. The normalized spacial score (nSPS) is 13.0. The molecule has 8 bridgehead atoms. The van der Waals surface area contributed by atoms with Crippen LogP contribution in [0.4, 0.5) is 0 Å². The lowest BCUT2D eigenvalue weighted by Crippen LogP contribution is -2.14. The molecule has 0 spiro atoms. The van der Waals surface area contributed by atoms with Crippen LogP contribution >= 0.6 is 0 Å². The van der Waals surface area contributed by atoms with Gasteiger partial charge in [-0.15, -0.1) is 0 Å². The van der Waals surface area contributed by atoms with Crippen molar-refractivity contribution < 1.29 is 0 Å². The van der Waals surface area contributed by atoms with Crippen LogP contribution in [0.5, 0.6) is 0 Å². The first kappa shape index (κ1) is 37.3. The quantitative estimate of drug-likeness (QED) is 0.0863. The second-order valence-electron chi connectivity index (χ2n) is 14.9. The summed E-state index contributed by atoms with van der Waals surface area (Å²) in [6.07, 6.45) is 5.86. The van der Waals surface area contributed by atoms with E-state index in [-0.39, 0.29) is 0 Å². The summed E-state index contributed by atoms with van der Waals surface area (Å²) in [6.45, 7) is 17.1. The summed E-state index contributed by atoms with van der Waals surface area (Å²) in [4.78, 5) is 18.4. The van der Waals surface area contributed by atoms with Crippen molar-refractivity contribution in [3.63, 3.8) is 0 Å². The molecule has 2 aliphatic heterocycles. The number of aryl methyl sites for hydroxylation is 4. The molecule has 0 radical (unpaired) electrons. The van der Waals surface area contributed by atoms with Crippen molar-refractivity contribution in [1.82, 2.24) is 30.6 Å². The summed E-state index contributed by atoms with van der Waals surface area (Å²) in [5.74, 6) is 0. The van der Waals surface area contributed by atoms with Crippen molar-refractivity contribution in [2.75, 3.05) is 13.1 Å². The third-order valence-electron chi connectivity index (χ3n) is 11.4. The van der Waals surface area contributed by atoms with Crippen LogP contribution in [0.15, 0.2) is 84.9 Å². The van der Waals surface area contributed by atoms with Gasteiger partial charge in [0.25, 0.3) is 0 Å². The minimum atomic E-state index is 0.878. The van der Waals surface area contributed by atoms with Gasteiger partial charge in [-0.05, 0) is 159 Å². The molecule has 0 unspecified atom stereocenters. The highest BCUT2D eigenvalue weighted by molar-refractivity contribution is 5.95. The smallest absolute Gasteiger partial charge is 0.0694 e. The topological polar surface area (TPSA) is 81.4 Å². The molecule has 4 N–H and O–H groups in total.